The number of thiophene rings is 1. The van der Waals surface area contributed by atoms with Crippen molar-refractivity contribution in [3.05, 3.63) is 60.9 Å². The molecule has 0 unspecified atom stereocenters. The van der Waals surface area contributed by atoms with Crippen molar-refractivity contribution in [3.8, 4) is 21.8 Å². The Hall–Kier alpha value is -2.87. The van der Waals surface area contributed by atoms with Crippen molar-refractivity contribution in [2.45, 2.75) is 18.9 Å². The molecule has 2 aliphatic heterocycles. The summed E-state index contributed by atoms with van der Waals surface area (Å²) in [5, 5.41) is 1.14. The lowest BCUT2D eigenvalue weighted by Crippen LogP contribution is -2.48. The van der Waals surface area contributed by atoms with Crippen LogP contribution in [0.3, 0.4) is 0 Å². The number of pyridine rings is 1. The third-order valence-corrected chi connectivity index (χ3v) is 7.59. The summed E-state index contributed by atoms with van der Waals surface area (Å²) in [7, 11) is 0. The molecule has 1 aromatic carbocycles. The topological polar surface area (TPSA) is 54.4 Å². The summed E-state index contributed by atoms with van der Waals surface area (Å²) in [5.74, 6) is 1.78. The largest absolute Gasteiger partial charge is 0.377 e. The fourth-order valence-electron chi connectivity index (χ4n) is 4.73. The fourth-order valence-corrected chi connectivity index (χ4v) is 5.77. The highest BCUT2D eigenvalue weighted by molar-refractivity contribution is 7.22. The van der Waals surface area contributed by atoms with Gasteiger partial charge in [0.05, 0.1) is 11.5 Å². The van der Waals surface area contributed by atoms with Crippen LogP contribution in [0.5, 0.6) is 0 Å². The van der Waals surface area contributed by atoms with Gasteiger partial charge in [0, 0.05) is 62.2 Å². The van der Waals surface area contributed by atoms with E-state index in [9.17, 15) is 0 Å². The molecule has 0 radical (unpaired) electrons. The van der Waals surface area contributed by atoms with Gasteiger partial charge in [0.1, 0.15) is 10.6 Å². The average Bonchev–Trinajstić information content (AvgIpc) is 3.55. The summed E-state index contributed by atoms with van der Waals surface area (Å²) in [5.41, 5.74) is 2.17. The monoisotopic (exact) mass is 457 g/mol. The van der Waals surface area contributed by atoms with Crippen molar-refractivity contribution < 1.29 is 4.74 Å². The molecule has 6 nitrogen and oxygen atoms in total. The molecular formula is C26H27N5OS. The van der Waals surface area contributed by atoms with E-state index in [0.717, 1.165) is 66.8 Å². The number of ether oxygens (including phenoxy) is 1. The van der Waals surface area contributed by atoms with Gasteiger partial charge in [-0.05, 0) is 36.6 Å². The van der Waals surface area contributed by atoms with E-state index in [1.807, 2.05) is 18.3 Å². The molecule has 4 aromatic rings. The first kappa shape index (κ1) is 20.7. The Morgan fingerprint density at radius 2 is 1.82 bits per heavy atom. The maximum Gasteiger partial charge on any atom is 0.164 e. The highest BCUT2D eigenvalue weighted by atomic mass is 32.1. The molecule has 7 heteroatoms. The number of rotatable bonds is 5. The van der Waals surface area contributed by atoms with Gasteiger partial charge in [0.2, 0.25) is 0 Å². The van der Waals surface area contributed by atoms with E-state index in [1.54, 1.807) is 17.5 Å². The SMILES string of the molecule is c1ccc(-c2cc3c(N4CCN(C[C@@H]5CCCO5)CC4)nc(-c4cccnc4)nc3s2)cc1. The Balaban J connectivity index is 1.34. The van der Waals surface area contributed by atoms with Crippen LogP contribution in [0.15, 0.2) is 60.9 Å². The van der Waals surface area contributed by atoms with Crippen LogP contribution in [0.2, 0.25) is 0 Å². The molecule has 0 aliphatic carbocycles. The summed E-state index contributed by atoms with van der Waals surface area (Å²) in [6.45, 7) is 5.95. The van der Waals surface area contributed by atoms with Gasteiger partial charge in [-0.2, -0.15) is 0 Å². The van der Waals surface area contributed by atoms with E-state index in [-0.39, 0.29) is 0 Å². The number of hydrogen-bond donors (Lipinski definition) is 0. The Morgan fingerprint density at radius 1 is 0.970 bits per heavy atom. The molecule has 2 aliphatic rings. The van der Waals surface area contributed by atoms with Crippen molar-refractivity contribution in [1.82, 2.24) is 19.9 Å². The second-order valence-corrected chi connectivity index (χ2v) is 9.76. The normalized spacial score (nSPS) is 19.4. The van der Waals surface area contributed by atoms with Crippen molar-refractivity contribution in [2.24, 2.45) is 0 Å². The highest BCUT2D eigenvalue weighted by Crippen LogP contribution is 2.38. The Kier molecular flexibility index (Phi) is 5.76. The van der Waals surface area contributed by atoms with Gasteiger partial charge >= 0.3 is 0 Å². The van der Waals surface area contributed by atoms with Gasteiger partial charge in [0.15, 0.2) is 5.82 Å². The van der Waals surface area contributed by atoms with Crippen molar-refractivity contribution in [3.63, 3.8) is 0 Å². The minimum atomic E-state index is 0.407. The van der Waals surface area contributed by atoms with Crippen LogP contribution in [-0.4, -0.2) is 65.3 Å². The van der Waals surface area contributed by atoms with Gasteiger partial charge in [-0.1, -0.05) is 30.3 Å². The molecule has 2 saturated heterocycles. The molecule has 6 rings (SSSR count). The quantitative estimate of drug-likeness (QED) is 0.432. The maximum atomic E-state index is 5.85. The second kappa shape index (κ2) is 9.17. The lowest BCUT2D eigenvalue weighted by atomic mass is 10.1. The number of fused-ring (bicyclic) bond motifs is 1. The third-order valence-electron chi connectivity index (χ3n) is 6.51. The van der Waals surface area contributed by atoms with E-state index in [1.165, 1.54) is 23.3 Å². The molecule has 2 fully saturated rings. The van der Waals surface area contributed by atoms with Crippen molar-refractivity contribution in [1.29, 1.82) is 0 Å². The molecule has 5 heterocycles. The molecule has 0 amide bonds. The summed E-state index contributed by atoms with van der Waals surface area (Å²) in [4.78, 5) is 21.5. The molecule has 0 bridgehead atoms. The zero-order chi connectivity index (χ0) is 22.0. The smallest absolute Gasteiger partial charge is 0.164 e. The zero-order valence-electron chi connectivity index (χ0n) is 18.6. The third kappa shape index (κ3) is 4.36. The van der Waals surface area contributed by atoms with Crippen LogP contribution in [0.4, 0.5) is 5.82 Å². The maximum absolute atomic E-state index is 5.85. The molecule has 0 spiro atoms. The van der Waals surface area contributed by atoms with E-state index in [0.29, 0.717) is 6.10 Å². The molecule has 168 valence electrons. The van der Waals surface area contributed by atoms with Gasteiger partial charge in [-0.3, -0.25) is 9.88 Å². The zero-order valence-corrected chi connectivity index (χ0v) is 19.4. The van der Waals surface area contributed by atoms with E-state index < -0.39 is 0 Å². The van der Waals surface area contributed by atoms with Crippen molar-refractivity contribution >= 4 is 27.4 Å². The molecular weight excluding hydrogens is 430 g/mol. The average molecular weight is 458 g/mol. The molecule has 0 saturated carbocycles. The first-order valence-corrected chi connectivity index (χ1v) is 12.5. The van der Waals surface area contributed by atoms with Gasteiger partial charge in [-0.15, -0.1) is 11.3 Å². The minimum Gasteiger partial charge on any atom is -0.377 e. The van der Waals surface area contributed by atoms with E-state index >= 15 is 0 Å². The summed E-state index contributed by atoms with van der Waals surface area (Å²) < 4.78 is 5.85. The minimum absolute atomic E-state index is 0.407. The number of aromatic nitrogens is 3. The number of hydrogen-bond acceptors (Lipinski definition) is 7. The van der Waals surface area contributed by atoms with Crippen LogP contribution >= 0.6 is 11.3 Å². The second-order valence-electron chi connectivity index (χ2n) is 8.73. The Morgan fingerprint density at radius 3 is 2.58 bits per heavy atom. The number of anilines is 1. The predicted octanol–water partition coefficient (Wildman–Crippen LogP) is 4.72. The number of nitrogens with zero attached hydrogens (tertiary/aromatic N) is 5. The Bertz CT molecular complexity index is 1220. The molecule has 33 heavy (non-hydrogen) atoms. The standard InChI is InChI=1S/C26H27N5OS/c1-2-6-19(7-3-1)23-16-22-25(28-24(29-26(22)33-23)20-8-4-10-27-17-20)31-13-11-30(12-14-31)18-21-9-5-15-32-21/h1-4,6-8,10,16-17,21H,5,9,11-15,18H2/t21-/m0/s1. The van der Waals surface area contributed by atoms with E-state index in [2.05, 4.69) is 51.2 Å². The van der Waals surface area contributed by atoms with Gasteiger partial charge in [0.25, 0.3) is 0 Å². The number of piperazine rings is 1. The van der Waals surface area contributed by atoms with Crippen LogP contribution in [0, 0.1) is 0 Å². The molecule has 3 aromatic heterocycles. The number of benzene rings is 1. The highest BCUT2D eigenvalue weighted by Gasteiger charge is 2.25. The van der Waals surface area contributed by atoms with Crippen LogP contribution in [-0.2, 0) is 4.74 Å². The Labute approximate surface area is 197 Å². The van der Waals surface area contributed by atoms with Crippen molar-refractivity contribution in [2.75, 3.05) is 44.2 Å². The summed E-state index contributed by atoms with van der Waals surface area (Å²) in [6, 6.07) is 16.8. The molecule has 1 atom stereocenters. The molecule has 0 N–H and O–H groups in total. The van der Waals surface area contributed by atoms with Crippen LogP contribution in [0.1, 0.15) is 12.8 Å². The predicted molar refractivity (Wildman–Crippen MR) is 134 cm³/mol. The first-order valence-electron chi connectivity index (χ1n) is 11.7. The first-order chi connectivity index (χ1) is 16.3. The van der Waals surface area contributed by atoms with Gasteiger partial charge < -0.3 is 9.64 Å². The summed E-state index contributed by atoms with van der Waals surface area (Å²) >= 11 is 1.73. The lowest BCUT2D eigenvalue weighted by Gasteiger charge is -2.36. The van der Waals surface area contributed by atoms with Crippen LogP contribution < -0.4 is 4.90 Å². The summed E-state index contributed by atoms with van der Waals surface area (Å²) in [6.07, 6.45) is 6.43. The van der Waals surface area contributed by atoms with Crippen LogP contribution in [0.25, 0.3) is 32.0 Å². The lowest BCUT2D eigenvalue weighted by molar-refractivity contribution is 0.0712. The fraction of sp³-hybridized carbons (Fsp3) is 0.346. The van der Waals surface area contributed by atoms with Gasteiger partial charge in [-0.25, -0.2) is 9.97 Å². The van der Waals surface area contributed by atoms with E-state index in [4.69, 9.17) is 14.7 Å².